The van der Waals surface area contributed by atoms with Crippen LogP contribution in [0.25, 0.3) is 16.6 Å². The maximum atomic E-state index is 12.0. The molecule has 1 saturated carbocycles. The normalized spacial score (nSPS) is 19.1. The molecule has 30 heavy (non-hydrogen) atoms. The number of hydrogen-bond acceptors (Lipinski definition) is 5. The Bertz CT molecular complexity index is 1200. The molecule has 1 fully saturated rings. The van der Waals surface area contributed by atoms with Crippen LogP contribution in [0.15, 0.2) is 42.7 Å². The van der Waals surface area contributed by atoms with E-state index in [9.17, 15) is 13.2 Å². The molecule has 9 heteroatoms. The number of nitrogens with one attached hydrogen (secondary N) is 2. The van der Waals surface area contributed by atoms with E-state index >= 15 is 0 Å². The lowest BCUT2D eigenvalue weighted by Gasteiger charge is -2.20. The molecule has 0 bridgehead atoms. The third kappa shape index (κ3) is 4.11. The summed E-state index contributed by atoms with van der Waals surface area (Å²) in [5.74, 6) is 0.000338. The van der Waals surface area contributed by atoms with Crippen LogP contribution in [0.2, 0.25) is 0 Å². The SMILES string of the molecule is CC1CCCC1Nc1c(C(N)=O)cnn2cc(-c3ccc(NS(C)(=O)=O)cc3)cc12. The minimum Gasteiger partial charge on any atom is -0.380 e. The molecule has 2 heterocycles. The van der Waals surface area contributed by atoms with Crippen LogP contribution in [0.3, 0.4) is 0 Å². The first-order valence-corrected chi connectivity index (χ1v) is 11.8. The molecule has 3 aromatic rings. The van der Waals surface area contributed by atoms with Crippen LogP contribution in [-0.2, 0) is 10.0 Å². The Kier molecular flexibility index (Phi) is 5.15. The van der Waals surface area contributed by atoms with Gasteiger partial charge < -0.3 is 11.1 Å². The second-order valence-corrected chi connectivity index (χ2v) is 9.72. The average Bonchev–Trinajstić information content (AvgIpc) is 3.27. The van der Waals surface area contributed by atoms with Crippen molar-refractivity contribution in [1.29, 1.82) is 0 Å². The molecule has 8 nitrogen and oxygen atoms in total. The lowest BCUT2D eigenvalue weighted by Crippen LogP contribution is -2.25. The third-order valence-corrected chi connectivity index (χ3v) is 6.22. The van der Waals surface area contributed by atoms with E-state index in [1.807, 2.05) is 24.4 Å². The van der Waals surface area contributed by atoms with Crippen LogP contribution in [0.5, 0.6) is 0 Å². The fourth-order valence-corrected chi connectivity index (χ4v) is 4.61. The van der Waals surface area contributed by atoms with Gasteiger partial charge in [0.1, 0.15) is 0 Å². The number of aromatic nitrogens is 2. The van der Waals surface area contributed by atoms with E-state index in [1.165, 1.54) is 6.20 Å². The number of anilines is 2. The Morgan fingerprint density at radius 2 is 1.93 bits per heavy atom. The van der Waals surface area contributed by atoms with Crippen LogP contribution >= 0.6 is 0 Å². The zero-order valence-corrected chi connectivity index (χ0v) is 17.7. The number of amides is 1. The van der Waals surface area contributed by atoms with Crippen LogP contribution in [0.4, 0.5) is 11.4 Å². The molecular weight excluding hydrogens is 402 g/mol. The number of carbonyl (C=O) groups excluding carboxylic acids is 1. The first kappa shape index (κ1) is 20.2. The largest absolute Gasteiger partial charge is 0.380 e. The van der Waals surface area contributed by atoms with Crippen LogP contribution in [-0.4, -0.2) is 36.2 Å². The molecule has 1 aliphatic rings. The fourth-order valence-electron chi connectivity index (χ4n) is 4.04. The molecule has 1 aromatic carbocycles. The van der Waals surface area contributed by atoms with Gasteiger partial charge in [0.15, 0.2) is 0 Å². The number of nitrogens with zero attached hydrogens (tertiary/aromatic N) is 2. The van der Waals surface area contributed by atoms with Gasteiger partial charge in [0.2, 0.25) is 10.0 Å². The summed E-state index contributed by atoms with van der Waals surface area (Å²) in [4.78, 5) is 12.0. The summed E-state index contributed by atoms with van der Waals surface area (Å²) in [6.07, 6.45) is 7.86. The predicted molar refractivity (Wildman–Crippen MR) is 118 cm³/mol. The van der Waals surface area contributed by atoms with Gasteiger partial charge >= 0.3 is 0 Å². The number of nitrogens with two attached hydrogens (primary N) is 1. The lowest BCUT2D eigenvalue weighted by molar-refractivity contribution is 0.100. The Morgan fingerprint density at radius 3 is 2.53 bits per heavy atom. The van der Waals surface area contributed by atoms with Crippen molar-refractivity contribution < 1.29 is 13.2 Å². The topological polar surface area (TPSA) is 119 Å². The summed E-state index contributed by atoms with van der Waals surface area (Å²) < 4.78 is 27.0. The van der Waals surface area contributed by atoms with E-state index in [1.54, 1.807) is 16.6 Å². The lowest BCUT2D eigenvalue weighted by atomic mass is 10.0. The Labute approximate surface area is 175 Å². The predicted octanol–water partition coefficient (Wildman–Crippen LogP) is 3.07. The van der Waals surface area contributed by atoms with E-state index in [-0.39, 0.29) is 6.04 Å². The molecule has 2 atom stereocenters. The van der Waals surface area contributed by atoms with E-state index in [0.717, 1.165) is 42.2 Å². The van der Waals surface area contributed by atoms with Crippen molar-refractivity contribution in [2.75, 3.05) is 16.3 Å². The molecule has 2 unspecified atom stereocenters. The zero-order chi connectivity index (χ0) is 21.5. The number of rotatable bonds is 6. The molecule has 158 valence electrons. The third-order valence-electron chi connectivity index (χ3n) is 5.62. The highest BCUT2D eigenvalue weighted by molar-refractivity contribution is 7.92. The highest BCUT2D eigenvalue weighted by Crippen LogP contribution is 2.33. The molecule has 4 rings (SSSR count). The fraction of sp³-hybridized carbons (Fsp3) is 0.333. The van der Waals surface area contributed by atoms with Crippen molar-refractivity contribution in [2.45, 2.75) is 32.2 Å². The van der Waals surface area contributed by atoms with E-state index < -0.39 is 15.9 Å². The average molecular weight is 428 g/mol. The highest BCUT2D eigenvalue weighted by Gasteiger charge is 2.26. The second kappa shape index (κ2) is 7.64. The maximum Gasteiger partial charge on any atom is 0.252 e. The zero-order valence-electron chi connectivity index (χ0n) is 16.9. The molecule has 2 aromatic heterocycles. The van der Waals surface area contributed by atoms with Crippen molar-refractivity contribution in [1.82, 2.24) is 9.61 Å². The van der Waals surface area contributed by atoms with Gasteiger partial charge in [-0.25, -0.2) is 12.9 Å². The number of primary amides is 1. The van der Waals surface area contributed by atoms with Gasteiger partial charge in [0.25, 0.3) is 5.91 Å². The molecule has 4 N–H and O–H groups in total. The highest BCUT2D eigenvalue weighted by atomic mass is 32.2. The molecule has 0 spiro atoms. The summed E-state index contributed by atoms with van der Waals surface area (Å²) in [5, 5.41) is 7.90. The first-order chi connectivity index (χ1) is 14.2. The summed E-state index contributed by atoms with van der Waals surface area (Å²) >= 11 is 0. The first-order valence-electron chi connectivity index (χ1n) is 9.87. The summed E-state index contributed by atoms with van der Waals surface area (Å²) in [6, 6.07) is 9.34. The monoisotopic (exact) mass is 427 g/mol. The van der Waals surface area contributed by atoms with Gasteiger partial charge in [0, 0.05) is 23.5 Å². The van der Waals surface area contributed by atoms with Gasteiger partial charge in [0.05, 0.1) is 29.2 Å². The molecule has 1 amide bonds. The van der Waals surface area contributed by atoms with Gasteiger partial charge in [-0.2, -0.15) is 5.10 Å². The number of carbonyl (C=O) groups is 1. The van der Waals surface area contributed by atoms with E-state index in [2.05, 4.69) is 22.1 Å². The smallest absolute Gasteiger partial charge is 0.252 e. The van der Waals surface area contributed by atoms with E-state index in [0.29, 0.717) is 22.9 Å². The van der Waals surface area contributed by atoms with Gasteiger partial charge in [-0.05, 0) is 42.5 Å². The standard InChI is InChI=1S/C21H25N5O3S/c1-13-4-3-5-18(13)24-20-17(21(22)27)11-23-26-12-15(10-19(20)26)14-6-8-16(9-7-14)25-30(2,28)29/h6-13,18,24-25H,3-5H2,1-2H3,(H2,22,27). The minimum atomic E-state index is -3.33. The van der Waals surface area contributed by atoms with Gasteiger partial charge in [-0.3, -0.25) is 9.52 Å². The summed E-state index contributed by atoms with van der Waals surface area (Å²) in [5.41, 5.74) is 9.77. The Hall–Kier alpha value is -3.07. The second-order valence-electron chi connectivity index (χ2n) is 7.97. The molecule has 1 aliphatic carbocycles. The van der Waals surface area contributed by atoms with Gasteiger partial charge in [-0.15, -0.1) is 0 Å². The Morgan fingerprint density at radius 1 is 1.20 bits per heavy atom. The quantitative estimate of drug-likeness (QED) is 0.559. The number of sulfonamides is 1. The maximum absolute atomic E-state index is 12.0. The molecular formula is C21H25N5O3S. The van der Waals surface area contributed by atoms with Crippen molar-refractivity contribution in [2.24, 2.45) is 11.7 Å². The minimum absolute atomic E-state index is 0.286. The number of benzene rings is 1. The van der Waals surface area contributed by atoms with Crippen molar-refractivity contribution in [3.05, 3.63) is 48.3 Å². The number of fused-ring (bicyclic) bond motifs is 1. The van der Waals surface area contributed by atoms with Crippen molar-refractivity contribution in [3.8, 4) is 11.1 Å². The van der Waals surface area contributed by atoms with Crippen LogP contribution in [0, 0.1) is 5.92 Å². The van der Waals surface area contributed by atoms with Crippen LogP contribution in [0.1, 0.15) is 36.5 Å². The van der Waals surface area contributed by atoms with E-state index in [4.69, 9.17) is 5.73 Å². The summed E-state index contributed by atoms with van der Waals surface area (Å²) in [6.45, 7) is 2.21. The number of hydrogen-bond donors (Lipinski definition) is 3. The summed E-state index contributed by atoms with van der Waals surface area (Å²) in [7, 11) is -3.33. The molecule has 0 aliphatic heterocycles. The van der Waals surface area contributed by atoms with Crippen LogP contribution < -0.4 is 15.8 Å². The molecule has 0 saturated heterocycles. The molecule has 0 radical (unpaired) electrons. The Balaban J connectivity index is 1.73. The van der Waals surface area contributed by atoms with Crippen molar-refractivity contribution in [3.63, 3.8) is 0 Å². The van der Waals surface area contributed by atoms with Gasteiger partial charge in [-0.1, -0.05) is 25.5 Å². The van der Waals surface area contributed by atoms with Crippen molar-refractivity contribution >= 4 is 32.8 Å².